The van der Waals surface area contributed by atoms with Crippen LogP contribution in [0.1, 0.15) is 28.8 Å². The molecule has 0 unspecified atom stereocenters. The summed E-state index contributed by atoms with van der Waals surface area (Å²) in [6, 6.07) is 18.9. The smallest absolute Gasteiger partial charge is 0.223 e. The zero-order chi connectivity index (χ0) is 18.4. The molecule has 3 aromatic rings. The second-order valence-corrected chi connectivity index (χ2v) is 6.17. The zero-order valence-corrected chi connectivity index (χ0v) is 14.7. The first-order valence-electron chi connectivity index (χ1n) is 8.54. The highest BCUT2D eigenvalue weighted by Crippen LogP contribution is 2.11. The first kappa shape index (κ1) is 17.6. The van der Waals surface area contributed by atoms with Crippen molar-refractivity contribution in [3.63, 3.8) is 0 Å². The van der Waals surface area contributed by atoms with Gasteiger partial charge in [-0.1, -0.05) is 48.5 Å². The molecule has 0 saturated carbocycles. The fourth-order valence-electron chi connectivity index (χ4n) is 2.71. The number of benzene rings is 2. The molecule has 1 heterocycles. The molecule has 0 aliphatic rings. The minimum atomic E-state index is -0.0539. The summed E-state index contributed by atoms with van der Waals surface area (Å²) in [5.74, 6) is -0.0639. The van der Waals surface area contributed by atoms with Gasteiger partial charge < -0.3 is 4.90 Å². The second-order valence-electron chi connectivity index (χ2n) is 6.17. The van der Waals surface area contributed by atoms with Gasteiger partial charge in [-0.05, 0) is 12.1 Å². The first-order valence-corrected chi connectivity index (χ1v) is 8.54. The van der Waals surface area contributed by atoms with Crippen LogP contribution in [0.25, 0.3) is 5.69 Å². The minimum Gasteiger partial charge on any atom is -0.341 e. The Morgan fingerprint density at radius 3 is 2.31 bits per heavy atom. The van der Waals surface area contributed by atoms with E-state index in [9.17, 15) is 9.59 Å². The van der Waals surface area contributed by atoms with Gasteiger partial charge in [-0.25, -0.2) is 4.68 Å². The first-order chi connectivity index (χ1) is 12.6. The second kappa shape index (κ2) is 8.25. The van der Waals surface area contributed by atoms with Gasteiger partial charge in [-0.3, -0.25) is 9.59 Å². The minimum absolute atomic E-state index is 0.00996. The average Bonchev–Trinajstić information content (AvgIpc) is 3.15. The molecular weight excluding hydrogens is 326 g/mol. The fourth-order valence-corrected chi connectivity index (χ4v) is 2.71. The molecule has 0 spiro atoms. The van der Waals surface area contributed by atoms with Gasteiger partial charge in [0.05, 0.1) is 11.9 Å². The van der Waals surface area contributed by atoms with Crippen LogP contribution < -0.4 is 0 Å². The molecule has 1 amide bonds. The Kier molecular flexibility index (Phi) is 5.59. The maximum absolute atomic E-state index is 12.3. The Balaban J connectivity index is 1.53. The number of carbonyl (C=O) groups is 2. The lowest BCUT2D eigenvalue weighted by Gasteiger charge is -2.16. The van der Waals surface area contributed by atoms with Crippen molar-refractivity contribution in [3.05, 3.63) is 84.2 Å². The molecule has 0 fully saturated rings. The normalized spacial score (nSPS) is 10.5. The number of nitrogens with zero attached hydrogens (tertiary/aromatic N) is 3. The Bertz CT molecular complexity index is 873. The molecule has 0 radical (unpaired) electrons. The zero-order valence-electron chi connectivity index (χ0n) is 14.7. The third-order valence-corrected chi connectivity index (χ3v) is 4.16. The van der Waals surface area contributed by atoms with Crippen LogP contribution in [0.15, 0.2) is 73.1 Å². The van der Waals surface area contributed by atoms with E-state index < -0.39 is 0 Å². The Morgan fingerprint density at radius 2 is 1.62 bits per heavy atom. The maximum atomic E-state index is 12.3. The van der Waals surface area contributed by atoms with Crippen LogP contribution in [0.2, 0.25) is 0 Å². The molecule has 0 aliphatic heterocycles. The van der Waals surface area contributed by atoms with Crippen LogP contribution in [-0.4, -0.2) is 33.4 Å². The summed E-state index contributed by atoms with van der Waals surface area (Å²) in [6.07, 6.45) is 4.09. The van der Waals surface area contributed by atoms with Crippen LogP contribution in [0, 0.1) is 0 Å². The highest BCUT2D eigenvalue weighted by molar-refractivity contribution is 5.97. The molecule has 132 valence electrons. The van der Waals surface area contributed by atoms with Crippen molar-refractivity contribution in [2.24, 2.45) is 0 Å². The molecular formula is C21H21N3O2. The monoisotopic (exact) mass is 347 g/mol. The van der Waals surface area contributed by atoms with Gasteiger partial charge in [0.15, 0.2) is 5.78 Å². The number of aromatic nitrogens is 2. The summed E-state index contributed by atoms with van der Waals surface area (Å²) in [5.41, 5.74) is 2.56. The molecule has 0 aliphatic carbocycles. The number of para-hydroxylation sites is 1. The molecule has 26 heavy (non-hydrogen) atoms. The molecule has 0 N–H and O–H groups in total. The molecule has 0 atom stereocenters. The lowest BCUT2D eigenvalue weighted by atomic mass is 10.1. The van der Waals surface area contributed by atoms with Crippen LogP contribution in [-0.2, 0) is 11.3 Å². The van der Waals surface area contributed by atoms with E-state index in [-0.39, 0.29) is 24.5 Å². The van der Waals surface area contributed by atoms with E-state index in [1.165, 1.54) is 0 Å². The lowest BCUT2D eigenvalue weighted by molar-refractivity contribution is -0.130. The largest absolute Gasteiger partial charge is 0.341 e. The number of Topliss-reactive ketones (excluding diaryl/α,β-unsaturated/α-hetero) is 1. The summed E-state index contributed by atoms with van der Waals surface area (Å²) in [5, 5.41) is 4.34. The average molecular weight is 347 g/mol. The number of rotatable bonds is 7. The van der Waals surface area contributed by atoms with E-state index in [1.54, 1.807) is 35.0 Å². The van der Waals surface area contributed by atoms with Crippen LogP contribution in [0.5, 0.6) is 0 Å². The van der Waals surface area contributed by atoms with E-state index in [2.05, 4.69) is 5.10 Å². The van der Waals surface area contributed by atoms with Gasteiger partial charge >= 0.3 is 0 Å². The van der Waals surface area contributed by atoms with E-state index in [1.807, 2.05) is 54.7 Å². The van der Waals surface area contributed by atoms with E-state index in [4.69, 9.17) is 0 Å². The van der Waals surface area contributed by atoms with Crippen molar-refractivity contribution in [1.82, 2.24) is 14.7 Å². The standard InChI is InChI=1S/C21H21N3O2/c1-23(21(26)13-12-20(25)18-8-4-2-5-9-18)15-17-14-22-24(16-17)19-10-6-3-7-11-19/h2-11,14,16H,12-13,15H2,1H3. The maximum Gasteiger partial charge on any atom is 0.223 e. The van der Waals surface area contributed by atoms with Gasteiger partial charge in [-0.15, -0.1) is 0 Å². The molecule has 0 bridgehead atoms. The summed E-state index contributed by atoms with van der Waals surface area (Å²) < 4.78 is 1.78. The number of hydrogen-bond donors (Lipinski definition) is 0. The quantitative estimate of drug-likeness (QED) is 0.615. The number of ketones is 1. The van der Waals surface area contributed by atoms with Gasteiger partial charge in [-0.2, -0.15) is 5.10 Å². The number of carbonyl (C=O) groups excluding carboxylic acids is 2. The number of hydrogen-bond acceptors (Lipinski definition) is 3. The fraction of sp³-hybridized carbons (Fsp3) is 0.190. The Hall–Kier alpha value is -3.21. The third-order valence-electron chi connectivity index (χ3n) is 4.16. The summed E-state index contributed by atoms with van der Waals surface area (Å²) in [6.45, 7) is 0.463. The van der Waals surface area contributed by atoms with Crippen LogP contribution in [0.4, 0.5) is 0 Å². The van der Waals surface area contributed by atoms with Crippen molar-refractivity contribution in [1.29, 1.82) is 0 Å². The molecule has 2 aromatic carbocycles. The Labute approximate surface area is 152 Å². The lowest BCUT2D eigenvalue weighted by Crippen LogP contribution is -2.26. The number of amides is 1. The predicted molar refractivity (Wildman–Crippen MR) is 100 cm³/mol. The third kappa shape index (κ3) is 4.45. The van der Waals surface area contributed by atoms with E-state index >= 15 is 0 Å². The molecule has 3 rings (SSSR count). The van der Waals surface area contributed by atoms with Gasteiger partial charge in [0.1, 0.15) is 0 Å². The van der Waals surface area contributed by atoms with Crippen molar-refractivity contribution in [2.75, 3.05) is 7.05 Å². The van der Waals surface area contributed by atoms with Crippen molar-refractivity contribution in [2.45, 2.75) is 19.4 Å². The molecule has 5 nitrogen and oxygen atoms in total. The highest BCUT2D eigenvalue weighted by Gasteiger charge is 2.14. The Morgan fingerprint density at radius 1 is 0.962 bits per heavy atom. The van der Waals surface area contributed by atoms with E-state index in [0.717, 1.165) is 11.3 Å². The van der Waals surface area contributed by atoms with Crippen molar-refractivity contribution < 1.29 is 9.59 Å². The predicted octanol–water partition coefficient (Wildman–Crippen LogP) is 3.49. The topological polar surface area (TPSA) is 55.2 Å². The molecule has 0 saturated heterocycles. The SMILES string of the molecule is CN(Cc1cnn(-c2ccccc2)c1)C(=O)CCC(=O)c1ccccc1. The molecule has 1 aromatic heterocycles. The van der Waals surface area contributed by atoms with Gasteiger partial charge in [0.25, 0.3) is 0 Å². The van der Waals surface area contributed by atoms with Crippen LogP contribution in [0.3, 0.4) is 0 Å². The molecule has 5 heteroatoms. The highest BCUT2D eigenvalue weighted by atomic mass is 16.2. The summed E-state index contributed by atoms with van der Waals surface area (Å²) in [4.78, 5) is 26.0. The van der Waals surface area contributed by atoms with Crippen molar-refractivity contribution >= 4 is 11.7 Å². The van der Waals surface area contributed by atoms with Crippen LogP contribution >= 0.6 is 0 Å². The van der Waals surface area contributed by atoms with Crippen molar-refractivity contribution in [3.8, 4) is 5.69 Å². The van der Waals surface area contributed by atoms with E-state index in [0.29, 0.717) is 12.1 Å². The van der Waals surface area contributed by atoms with Gasteiger partial charge in [0.2, 0.25) is 5.91 Å². The summed E-state index contributed by atoms with van der Waals surface area (Å²) in [7, 11) is 1.75. The summed E-state index contributed by atoms with van der Waals surface area (Å²) >= 11 is 0. The van der Waals surface area contributed by atoms with Gasteiger partial charge in [0, 0.05) is 43.8 Å².